The number of fused-ring (bicyclic) bond motifs is 1. The van der Waals surface area contributed by atoms with Gasteiger partial charge in [-0.1, -0.05) is 60.7 Å². The highest BCUT2D eigenvalue weighted by Gasteiger charge is 2.11. The summed E-state index contributed by atoms with van der Waals surface area (Å²) in [7, 11) is 2.11. The molecular formula is C23H21N. The number of hydrogen-bond donors (Lipinski definition) is 0. The summed E-state index contributed by atoms with van der Waals surface area (Å²) in [6.07, 6.45) is 6.79. The molecule has 3 aromatic rings. The van der Waals surface area contributed by atoms with Gasteiger partial charge in [0, 0.05) is 18.4 Å². The van der Waals surface area contributed by atoms with Gasteiger partial charge in [0.25, 0.3) is 0 Å². The van der Waals surface area contributed by atoms with Crippen molar-refractivity contribution in [2.75, 3.05) is 11.9 Å². The molecule has 0 heterocycles. The van der Waals surface area contributed by atoms with Crippen molar-refractivity contribution in [2.24, 2.45) is 0 Å². The van der Waals surface area contributed by atoms with Gasteiger partial charge in [-0.15, -0.1) is 0 Å². The zero-order valence-electron chi connectivity index (χ0n) is 13.9. The van der Waals surface area contributed by atoms with Crippen LogP contribution in [0.5, 0.6) is 0 Å². The highest BCUT2D eigenvalue weighted by Crippen LogP contribution is 2.32. The standard InChI is InChI=1S/C23H21N/c1-24(20-10-3-2-4-11-20)21-16-14-19(15-17-21)23-13-7-9-18-8-5-6-12-22(18)23/h2-5,7-11,13-17H,6,12H2,1H3. The number of rotatable bonds is 3. The zero-order valence-corrected chi connectivity index (χ0v) is 13.9. The number of benzene rings is 3. The van der Waals surface area contributed by atoms with Crippen LogP contribution in [-0.2, 0) is 6.42 Å². The van der Waals surface area contributed by atoms with Crippen LogP contribution >= 0.6 is 0 Å². The SMILES string of the molecule is CN(c1ccccc1)c1ccc(-c2cccc3c2CCC=C3)cc1. The van der Waals surface area contributed by atoms with Crippen molar-refractivity contribution in [1.82, 2.24) is 0 Å². The second-order valence-electron chi connectivity index (χ2n) is 6.26. The second kappa shape index (κ2) is 6.37. The number of hydrogen-bond acceptors (Lipinski definition) is 1. The van der Waals surface area contributed by atoms with Crippen LogP contribution in [-0.4, -0.2) is 7.05 Å². The molecular weight excluding hydrogens is 290 g/mol. The third-order valence-electron chi connectivity index (χ3n) is 4.78. The average molecular weight is 311 g/mol. The van der Waals surface area contributed by atoms with Gasteiger partial charge in [0.1, 0.15) is 0 Å². The molecule has 0 atom stereocenters. The maximum atomic E-state index is 2.27. The molecule has 1 nitrogen and oxygen atoms in total. The van der Waals surface area contributed by atoms with Gasteiger partial charge in [0.2, 0.25) is 0 Å². The third kappa shape index (κ3) is 2.74. The minimum atomic E-state index is 1.13. The van der Waals surface area contributed by atoms with Crippen molar-refractivity contribution in [2.45, 2.75) is 12.8 Å². The predicted octanol–water partition coefficient (Wildman–Crippen LogP) is 6.08. The lowest BCUT2D eigenvalue weighted by Crippen LogP contribution is -2.08. The van der Waals surface area contributed by atoms with E-state index in [1.807, 2.05) is 6.07 Å². The molecule has 0 fully saturated rings. The van der Waals surface area contributed by atoms with Gasteiger partial charge in [-0.2, -0.15) is 0 Å². The minimum absolute atomic E-state index is 1.13. The Kier molecular flexibility index (Phi) is 3.92. The van der Waals surface area contributed by atoms with E-state index in [1.54, 1.807) is 0 Å². The molecule has 4 rings (SSSR count). The van der Waals surface area contributed by atoms with Crippen molar-refractivity contribution in [3.8, 4) is 11.1 Å². The van der Waals surface area contributed by atoms with Crippen LogP contribution in [0.4, 0.5) is 11.4 Å². The molecule has 0 N–H and O–H groups in total. The van der Waals surface area contributed by atoms with E-state index in [0.29, 0.717) is 0 Å². The highest BCUT2D eigenvalue weighted by atomic mass is 15.1. The van der Waals surface area contributed by atoms with E-state index in [0.717, 1.165) is 12.8 Å². The molecule has 118 valence electrons. The summed E-state index contributed by atoms with van der Waals surface area (Å²) in [6.45, 7) is 0. The number of anilines is 2. The average Bonchev–Trinajstić information content (AvgIpc) is 2.68. The maximum absolute atomic E-state index is 2.27. The van der Waals surface area contributed by atoms with Crippen molar-refractivity contribution in [3.63, 3.8) is 0 Å². The normalized spacial score (nSPS) is 12.7. The van der Waals surface area contributed by atoms with Crippen molar-refractivity contribution < 1.29 is 0 Å². The summed E-state index contributed by atoms with van der Waals surface area (Å²) in [5.74, 6) is 0. The Labute approximate surface area is 143 Å². The molecule has 0 spiro atoms. The Balaban J connectivity index is 1.67. The molecule has 0 amide bonds. The first kappa shape index (κ1) is 14.8. The van der Waals surface area contributed by atoms with Gasteiger partial charge in [0.15, 0.2) is 0 Å². The summed E-state index contributed by atoms with van der Waals surface area (Å²) < 4.78 is 0. The molecule has 1 aliphatic carbocycles. The Hall–Kier alpha value is -2.80. The number of para-hydroxylation sites is 1. The van der Waals surface area contributed by atoms with Crippen molar-refractivity contribution >= 4 is 17.5 Å². The molecule has 3 aromatic carbocycles. The minimum Gasteiger partial charge on any atom is -0.345 e. The fourth-order valence-electron chi connectivity index (χ4n) is 3.41. The summed E-state index contributed by atoms with van der Waals surface area (Å²) in [5, 5.41) is 0. The first-order valence-corrected chi connectivity index (χ1v) is 8.50. The Bertz CT molecular complexity index is 860. The first-order valence-electron chi connectivity index (χ1n) is 8.50. The van der Waals surface area contributed by atoms with E-state index in [4.69, 9.17) is 0 Å². The number of allylic oxidation sites excluding steroid dienone is 1. The Morgan fingerprint density at radius 1 is 0.750 bits per heavy atom. The smallest absolute Gasteiger partial charge is 0.0408 e. The molecule has 0 aliphatic heterocycles. The van der Waals surface area contributed by atoms with Crippen molar-refractivity contribution in [3.05, 3.63) is 90.0 Å². The molecule has 0 saturated heterocycles. The summed E-state index contributed by atoms with van der Waals surface area (Å²) in [5.41, 5.74) is 7.91. The zero-order chi connectivity index (χ0) is 16.4. The van der Waals surface area contributed by atoms with E-state index < -0.39 is 0 Å². The van der Waals surface area contributed by atoms with E-state index >= 15 is 0 Å². The molecule has 0 unspecified atom stereocenters. The molecule has 0 radical (unpaired) electrons. The van der Waals surface area contributed by atoms with Crippen LogP contribution in [0, 0.1) is 0 Å². The Morgan fingerprint density at radius 3 is 2.29 bits per heavy atom. The molecule has 24 heavy (non-hydrogen) atoms. The summed E-state index contributed by atoms with van der Waals surface area (Å²) >= 11 is 0. The van der Waals surface area contributed by atoms with E-state index in [9.17, 15) is 0 Å². The summed E-state index contributed by atoms with van der Waals surface area (Å²) in [4.78, 5) is 2.22. The topological polar surface area (TPSA) is 3.24 Å². The maximum Gasteiger partial charge on any atom is 0.0408 e. The van der Waals surface area contributed by atoms with Crippen molar-refractivity contribution in [1.29, 1.82) is 0 Å². The molecule has 0 aromatic heterocycles. The van der Waals surface area contributed by atoms with E-state index in [1.165, 1.54) is 33.6 Å². The molecule has 1 aliphatic rings. The molecule has 0 bridgehead atoms. The molecule has 0 saturated carbocycles. The van der Waals surface area contributed by atoms with Crippen LogP contribution < -0.4 is 4.90 Å². The largest absolute Gasteiger partial charge is 0.345 e. The van der Waals surface area contributed by atoms with E-state index in [2.05, 4.69) is 90.8 Å². The lowest BCUT2D eigenvalue weighted by Gasteiger charge is -2.20. The number of nitrogens with zero attached hydrogens (tertiary/aromatic N) is 1. The first-order chi connectivity index (χ1) is 11.8. The second-order valence-corrected chi connectivity index (χ2v) is 6.26. The van der Waals surface area contributed by atoms with Gasteiger partial charge in [-0.05, 0) is 59.4 Å². The summed E-state index contributed by atoms with van der Waals surface area (Å²) in [6, 6.07) is 26.0. The Morgan fingerprint density at radius 2 is 1.50 bits per heavy atom. The van der Waals surface area contributed by atoms with Gasteiger partial charge in [-0.3, -0.25) is 0 Å². The van der Waals surface area contributed by atoms with E-state index in [-0.39, 0.29) is 0 Å². The van der Waals surface area contributed by atoms with Crippen LogP contribution in [0.2, 0.25) is 0 Å². The van der Waals surface area contributed by atoms with Gasteiger partial charge < -0.3 is 4.90 Å². The van der Waals surface area contributed by atoms with Gasteiger partial charge in [0.05, 0.1) is 0 Å². The van der Waals surface area contributed by atoms with Gasteiger partial charge >= 0.3 is 0 Å². The lowest BCUT2D eigenvalue weighted by atomic mass is 9.89. The third-order valence-corrected chi connectivity index (χ3v) is 4.78. The van der Waals surface area contributed by atoms with Crippen LogP contribution in [0.15, 0.2) is 78.9 Å². The molecule has 1 heteroatoms. The lowest BCUT2D eigenvalue weighted by molar-refractivity contribution is 0.988. The van der Waals surface area contributed by atoms with Crippen LogP contribution in [0.3, 0.4) is 0 Å². The quantitative estimate of drug-likeness (QED) is 0.566. The highest BCUT2D eigenvalue weighted by molar-refractivity contribution is 5.75. The van der Waals surface area contributed by atoms with Gasteiger partial charge in [-0.25, -0.2) is 0 Å². The monoisotopic (exact) mass is 311 g/mol. The van der Waals surface area contributed by atoms with Crippen LogP contribution in [0.1, 0.15) is 17.5 Å². The fraction of sp³-hybridized carbons (Fsp3) is 0.130. The predicted molar refractivity (Wildman–Crippen MR) is 104 cm³/mol. The fourth-order valence-corrected chi connectivity index (χ4v) is 3.41. The van der Waals surface area contributed by atoms with Crippen LogP contribution in [0.25, 0.3) is 17.2 Å².